The lowest BCUT2D eigenvalue weighted by Gasteiger charge is -2.21. The fourth-order valence-corrected chi connectivity index (χ4v) is 2.81. The van der Waals surface area contributed by atoms with Gasteiger partial charge in [0, 0.05) is 13.1 Å². The predicted molar refractivity (Wildman–Crippen MR) is 85.3 cm³/mol. The Hall–Kier alpha value is -1.60. The highest BCUT2D eigenvalue weighted by atomic mass is 32.2. The van der Waals surface area contributed by atoms with Crippen LogP contribution in [0.2, 0.25) is 0 Å². The molecule has 1 aromatic carbocycles. The average molecular weight is 328 g/mol. The number of rotatable bonds is 7. The lowest BCUT2D eigenvalue weighted by atomic mass is 10.1. The Kier molecular flexibility index (Phi) is 6.37. The van der Waals surface area contributed by atoms with E-state index in [4.69, 9.17) is 4.74 Å². The van der Waals surface area contributed by atoms with Gasteiger partial charge < -0.3 is 10.1 Å². The minimum Gasteiger partial charge on any atom is -0.497 e. The highest BCUT2D eigenvalue weighted by molar-refractivity contribution is 7.89. The topological polar surface area (TPSA) is 75.7 Å². The molecule has 22 heavy (non-hydrogen) atoms. The van der Waals surface area contributed by atoms with Crippen molar-refractivity contribution in [2.45, 2.75) is 31.7 Å². The molecular formula is C15H24N2O4S. The molecule has 0 spiro atoms. The van der Waals surface area contributed by atoms with Gasteiger partial charge in [0.15, 0.2) is 0 Å². The van der Waals surface area contributed by atoms with E-state index in [1.54, 1.807) is 12.1 Å². The molecule has 124 valence electrons. The minimum absolute atomic E-state index is 0.00964. The number of carbonyl (C=O) groups excluding carboxylic acids is 1. The van der Waals surface area contributed by atoms with Gasteiger partial charge in [-0.2, -0.15) is 4.31 Å². The molecule has 0 aromatic heterocycles. The van der Waals surface area contributed by atoms with Gasteiger partial charge >= 0.3 is 0 Å². The second kappa shape index (κ2) is 7.60. The van der Waals surface area contributed by atoms with E-state index in [1.165, 1.54) is 26.3 Å². The van der Waals surface area contributed by atoms with Crippen molar-refractivity contribution in [2.24, 2.45) is 5.92 Å². The van der Waals surface area contributed by atoms with Gasteiger partial charge in [-0.15, -0.1) is 0 Å². The van der Waals surface area contributed by atoms with E-state index in [-0.39, 0.29) is 29.3 Å². The molecule has 1 atom stereocenters. The third-order valence-electron chi connectivity index (χ3n) is 3.52. The highest BCUT2D eigenvalue weighted by Gasteiger charge is 2.23. The van der Waals surface area contributed by atoms with E-state index in [2.05, 4.69) is 5.32 Å². The summed E-state index contributed by atoms with van der Waals surface area (Å²) >= 11 is 0. The Labute approximate surface area is 132 Å². The number of nitrogens with one attached hydrogen (secondary N) is 1. The maximum atomic E-state index is 12.4. The van der Waals surface area contributed by atoms with Crippen molar-refractivity contribution in [1.29, 1.82) is 0 Å². The lowest BCUT2D eigenvalue weighted by molar-refractivity contribution is -0.122. The first kappa shape index (κ1) is 18.4. The zero-order valence-corrected chi connectivity index (χ0v) is 14.5. The first-order chi connectivity index (χ1) is 10.2. The number of nitrogens with zero attached hydrogens (tertiary/aromatic N) is 1. The Morgan fingerprint density at radius 3 is 2.23 bits per heavy atom. The predicted octanol–water partition coefficient (Wildman–Crippen LogP) is 1.48. The molecule has 0 radical (unpaired) electrons. The summed E-state index contributed by atoms with van der Waals surface area (Å²) in [5.74, 6) is 0.540. The normalized spacial score (nSPS) is 13.2. The summed E-state index contributed by atoms with van der Waals surface area (Å²) in [6.07, 6.45) is 0. The number of hydrogen-bond acceptors (Lipinski definition) is 4. The summed E-state index contributed by atoms with van der Waals surface area (Å²) < 4.78 is 30.8. The molecule has 0 saturated heterocycles. The smallest absolute Gasteiger partial charge is 0.243 e. The second-order valence-corrected chi connectivity index (χ2v) is 7.58. The summed E-state index contributed by atoms with van der Waals surface area (Å²) in [6, 6.07) is 6.05. The van der Waals surface area contributed by atoms with Crippen LogP contribution in [0.1, 0.15) is 20.8 Å². The number of ether oxygens (including phenoxy) is 1. The van der Waals surface area contributed by atoms with Crippen LogP contribution >= 0.6 is 0 Å². The molecule has 0 aliphatic rings. The number of sulfonamides is 1. The van der Waals surface area contributed by atoms with E-state index < -0.39 is 10.0 Å². The fraction of sp³-hybridized carbons (Fsp3) is 0.533. The van der Waals surface area contributed by atoms with Crippen molar-refractivity contribution in [1.82, 2.24) is 9.62 Å². The van der Waals surface area contributed by atoms with E-state index in [0.29, 0.717) is 5.75 Å². The molecule has 0 unspecified atom stereocenters. The average Bonchev–Trinajstić information content (AvgIpc) is 2.46. The number of benzene rings is 1. The largest absolute Gasteiger partial charge is 0.497 e. The van der Waals surface area contributed by atoms with Crippen LogP contribution in [-0.2, 0) is 14.8 Å². The Morgan fingerprint density at radius 2 is 1.77 bits per heavy atom. The highest BCUT2D eigenvalue weighted by Crippen LogP contribution is 2.18. The van der Waals surface area contributed by atoms with Gasteiger partial charge in [0.1, 0.15) is 5.75 Å². The zero-order chi connectivity index (χ0) is 16.9. The third kappa shape index (κ3) is 4.71. The molecule has 6 nitrogen and oxygen atoms in total. The Balaban J connectivity index is 2.77. The SMILES string of the molecule is COc1ccc(S(=O)(=O)N(C)CC(=O)N[C@H](C)C(C)C)cc1. The standard InChI is InChI=1S/C15H24N2O4S/c1-11(2)12(3)16-15(18)10-17(4)22(19,20)14-8-6-13(21-5)7-9-14/h6-9,11-12H,10H2,1-5H3,(H,16,18)/t12-/m1/s1. The molecule has 0 fully saturated rings. The van der Waals surface area contributed by atoms with Crippen LogP contribution in [0.15, 0.2) is 29.2 Å². The summed E-state index contributed by atoms with van der Waals surface area (Å²) in [4.78, 5) is 12.0. The van der Waals surface area contributed by atoms with Crippen molar-refractivity contribution in [3.63, 3.8) is 0 Å². The Bertz CT molecular complexity index is 596. The summed E-state index contributed by atoms with van der Waals surface area (Å²) in [6.45, 7) is 5.65. The first-order valence-corrected chi connectivity index (χ1v) is 8.52. The van der Waals surface area contributed by atoms with Crippen LogP contribution in [-0.4, -0.2) is 45.4 Å². The van der Waals surface area contributed by atoms with E-state index in [0.717, 1.165) is 4.31 Å². The number of amides is 1. The lowest BCUT2D eigenvalue weighted by Crippen LogP contribution is -2.43. The minimum atomic E-state index is -3.70. The van der Waals surface area contributed by atoms with Gasteiger partial charge in [0.25, 0.3) is 0 Å². The van der Waals surface area contributed by atoms with Crippen LogP contribution in [0.25, 0.3) is 0 Å². The zero-order valence-electron chi connectivity index (χ0n) is 13.7. The molecular weight excluding hydrogens is 304 g/mol. The Morgan fingerprint density at radius 1 is 1.23 bits per heavy atom. The van der Waals surface area contributed by atoms with Crippen molar-refractivity contribution >= 4 is 15.9 Å². The summed E-state index contributed by atoms with van der Waals surface area (Å²) in [7, 11) is -0.800. The van der Waals surface area contributed by atoms with E-state index in [9.17, 15) is 13.2 Å². The number of methoxy groups -OCH3 is 1. The fourth-order valence-electron chi connectivity index (χ4n) is 1.68. The van der Waals surface area contributed by atoms with E-state index in [1.807, 2.05) is 20.8 Å². The van der Waals surface area contributed by atoms with Crippen molar-refractivity contribution in [3.8, 4) is 5.75 Å². The molecule has 7 heteroatoms. The van der Waals surface area contributed by atoms with Gasteiger partial charge in [0.05, 0.1) is 18.6 Å². The van der Waals surface area contributed by atoms with Crippen LogP contribution in [0, 0.1) is 5.92 Å². The maximum absolute atomic E-state index is 12.4. The molecule has 0 heterocycles. The molecule has 0 aliphatic heterocycles. The molecule has 0 aliphatic carbocycles. The monoisotopic (exact) mass is 328 g/mol. The summed E-state index contributed by atoms with van der Waals surface area (Å²) in [5, 5.41) is 2.79. The van der Waals surface area contributed by atoms with Gasteiger partial charge in [-0.1, -0.05) is 13.8 Å². The van der Waals surface area contributed by atoms with Crippen LogP contribution < -0.4 is 10.1 Å². The number of hydrogen-bond donors (Lipinski definition) is 1. The molecule has 1 amide bonds. The van der Waals surface area contributed by atoms with Crippen molar-refractivity contribution in [3.05, 3.63) is 24.3 Å². The second-order valence-electron chi connectivity index (χ2n) is 5.54. The molecule has 1 rings (SSSR count). The van der Waals surface area contributed by atoms with Crippen LogP contribution in [0.3, 0.4) is 0 Å². The van der Waals surface area contributed by atoms with Crippen molar-refractivity contribution < 1.29 is 17.9 Å². The number of carbonyl (C=O) groups is 1. The van der Waals surface area contributed by atoms with Gasteiger partial charge in [0.2, 0.25) is 15.9 Å². The third-order valence-corrected chi connectivity index (χ3v) is 5.34. The van der Waals surface area contributed by atoms with E-state index >= 15 is 0 Å². The van der Waals surface area contributed by atoms with Gasteiger partial charge in [-0.05, 0) is 37.1 Å². The van der Waals surface area contributed by atoms with Crippen LogP contribution in [0.4, 0.5) is 0 Å². The van der Waals surface area contributed by atoms with Crippen LogP contribution in [0.5, 0.6) is 5.75 Å². The molecule has 0 bridgehead atoms. The first-order valence-electron chi connectivity index (χ1n) is 7.08. The maximum Gasteiger partial charge on any atom is 0.243 e. The van der Waals surface area contributed by atoms with Gasteiger partial charge in [-0.25, -0.2) is 8.42 Å². The quantitative estimate of drug-likeness (QED) is 0.822. The summed E-state index contributed by atoms with van der Waals surface area (Å²) in [5.41, 5.74) is 0. The molecule has 0 saturated carbocycles. The number of likely N-dealkylation sites (N-methyl/N-ethyl adjacent to an activating group) is 1. The molecule has 1 N–H and O–H groups in total. The van der Waals surface area contributed by atoms with Crippen molar-refractivity contribution in [2.75, 3.05) is 20.7 Å². The molecule has 1 aromatic rings. The van der Waals surface area contributed by atoms with Gasteiger partial charge in [-0.3, -0.25) is 4.79 Å².